The lowest BCUT2D eigenvalue weighted by Gasteiger charge is -2.18. The summed E-state index contributed by atoms with van der Waals surface area (Å²) in [5, 5.41) is 25.2. The van der Waals surface area contributed by atoms with Crippen LogP contribution in [-0.2, 0) is 0 Å². The minimum absolute atomic E-state index is 0. The van der Waals surface area contributed by atoms with Gasteiger partial charge < -0.3 is 32.3 Å². The van der Waals surface area contributed by atoms with Gasteiger partial charge in [0, 0.05) is 13.1 Å². The van der Waals surface area contributed by atoms with Crippen molar-refractivity contribution in [1.82, 2.24) is 10.6 Å². The molecule has 0 saturated carbocycles. The van der Waals surface area contributed by atoms with Crippen molar-refractivity contribution in [3.8, 4) is 0 Å². The van der Waals surface area contributed by atoms with Gasteiger partial charge in [-0.1, -0.05) is 0 Å². The van der Waals surface area contributed by atoms with Crippen LogP contribution in [0.3, 0.4) is 0 Å². The molecule has 0 saturated heterocycles. The zero-order valence-electron chi connectivity index (χ0n) is 10.3. The first-order chi connectivity index (χ1) is 7.72. The summed E-state index contributed by atoms with van der Waals surface area (Å²) in [7, 11) is 0. The van der Waals surface area contributed by atoms with Crippen LogP contribution in [0.5, 0.6) is 0 Å². The monoisotopic (exact) mass is 270 g/mol. The van der Waals surface area contributed by atoms with E-state index in [0.29, 0.717) is 26.2 Å². The molecule has 0 bridgehead atoms. The van der Waals surface area contributed by atoms with Crippen molar-refractivity contribution in [3.63, 3.8) is 0 Å². The quantitative estimate of drug-likeness (QED) is 0.242. The van der Waals surface area contributed by atoms with E-state index >= 15 is 0 Å². The fourth-order valence-corrected chi connectivity index (χ4v) is 1.23. The van der Waals surface area contributed by atoms with Gasteiger partial charge in [-0.3, -0.25) is 0 Å². The molecule has 0 unspecified atom stereocenters. The van der Waals surface area contributed by atoms with Crippen molar-refractivity contribution in [3.05, 3.63) is 0 Å². The highest BCUT2D eigenvalue weighted by atomic mass is 35.5. The predicted octanol–water partition coefficient (Wildman–Crippen LogP) is -1.99. The Hall–Kier alpha value is 0.0500. The molecule has 6 nitrogen and oxygen atoms in total. The standard InChI is InChI=1S/C10H26N4O2.ClH/c11-3-1-5-13-7-9(15)10(16)8-14-6-2-4-12;/h9-10,13-16H,1-8,11-12H2;1H/t9-,10+;. The molecule has 0 aromatic rings. The Kier molecular flexibility index (Phi) is 16.1. The Morgan fingerprint density at radius 3 is 1.47 bits per heavy atom. The van der Waals surface area contributed by atoms with Crippen LogP contribution < -0.4 is 22.1 Å². The van der Waals surface area contributed by atoms with E-state index in [2.05, 4.69) is 10.6 Å². The highest BCUT2D eigenvalue weighted by Crippen LogP contribution is 1.91. The third-order valence-corrected chi connectivity index (χ3v) is 2.27. The highest BCUT2D eigenvalue weighted by Gasteiger charge is 2.14. The van der Waals surface area contributed by atoms with E-state index in [9.17, 15) is 10.2 Å². The van der Waals surface area contributed by atoms with Crippen LogP contribution in [0.1, 0.15) is 12.8 Å². The molecule has 0 aliphatic rings. The molecule has 0 heterocycles. The summed E-state index contributed by atoms with van der Waals surface area (Å²) in [6.45, 7) is 3.57. The Balaban J connectivity index is 0. The van der Waals surface area contributed by atoms with Gasteiger partial charge in [-0.15, -0.1) is 12.4 Å². The molecular formula is C10H27ClN4O2. The maximum absolute atomic E-state index is 9.57. The highest BCUT2D eigenvalue weighted by molar-refractivity contribution is 5.85. The average molecular weight is 271 g/mol. The number of nitrogens with two attached hydrogens (primary N) is 2. The van der Waals surface area contributed by atoms with E-state index < -0.39 is 12.2 Å². The summed E-state index contributed by atoms with van der Waals surface area (Å²) < 4.78 is 0. The summed E-state index contributed by atoms with van der Waals surface area (Å²) in [5.74, 6) is 0. The molecular weight excluding hydrogens is 244 g/mol. The third kappa shape index (κ3) is 12.3. The Bertz CT molecular complexity index is 138. The molecule has 17 heavy (non-hydrogen) atoms. The van der Waals surface area contributed by atoms with Crippen LogP contribution in [0.15, 0.2) is 0 Å². The second kappa shape index (κ2) is 14.1. The number of aliphatic hydroxyl groups excluding tert-OH is 2. The number of hydrogen-bond donors (Lipinski definition) is 6. The van der Waals surface area contributed by atoms with Gasteiger partial charge in [0.05, 0.1) is 12.2 Å². The smallest absolute Gasteiger partial charge is 0.0935 e. The third-order valence-electron chi connectivity index (χ3n) is 2.27. The van der Waals surface area contributed by atoms with Crippen molar-refractivity contribution in [2.45, 2.75) is 25.0 Å². The van der Waals surface area contributed by atoms with Crippen molar-refractivity contribution in [2.24, 2.45) is 11.5 Å². The molecule has 0 aliphatic carbocycles. The number of nitrogens with one attached hydrogen (secondary N) is 2. The predicted molar refractivity (Wildman–Crippen MR) is 72.3 cm³/mol. The lowest BCUT2D eigenvalue weighted by atomic mass is 10.2. The summed E-state index contributed by atoms with van der Waals surface area (Å²) in [4.78, 5) is 0. The Labute approximate surface area is 110 Å². The minimum Gasteiger partial charge on any atom is -0.389 e. The van der Waals surface area contributed by atoms with E-state index in [4.69, 9.17) is 11.5 Å². The summed E-state index contributed by atoms with van der Waals surface area (Å²) >= 11 is 0. The molecule has 0 aromatic heterocycles. The van der Waals surface area contributed by atoms with E-state index in [1.807, 2.05) is 0 Å². The summed E-state index contributed by atoms with van der Waals surface area (Å²) in [6.07, 6.45) is 0.251. The van der Waals surface area contributed by atoms with Gasteiger partial charge in [0.2, 0.25) is 0 Å². The summed E-state index contributed by atoms with van der Waals surface area (Å²) in [6, 6.07) is 0. The zero-order valence-corrected chi connectivity index (χ0v) is 11.1. The number of aliphatic hydroxyl groups is 2. The first-order valence-electron chi connectivity index (χ1n) is 5.90. The fourth-order valence-electron chi connectivity index (χ4n) is 1.23. The first kappa shape index (κ1) is 19.4. The normalized spacial score (nSPS) is 14.1. The molecule has 106 valence electrons. The van der Waals surface area contributed by atoms with Crippen LogP contribution in [-0.4, -0.2) is 61.7 Å². The molecule has 0 aromatic carbocycles. The lowest BCUT2D eigenvalue weighted by Crippen LogP contribution is -2.42. The van der Waals surface area contributed by atoms with Gasteiger partial charge in [-0.05, 0) is 39.0 Å². The fraction of sp³-hybridized carbons (Fsp3) is 1.00. The van der Waals surface area contributed by atoms with E-state index in [0.717, 1.165) is 25.9 Å². The van der Waals surface area contributed by atoms with Crippen LogP contribution in [0, 0.1) is 0 Å². The lowest BCUT2D eigenvalue weighted by molar-refractivity contribution is 0.0211. The van der Waals surface area contributed by atoms with E-state index in [1.165, 1.54) is 0 Å². The molecule has 0 spiro atoms. The molecule has 0 amide bonds. The van der Waals surface area contributed by atoms with E-state index in [1.54, 1.807) is 0 Å². The molecule has 0 radical (unpaired) electrons. The summed E-state index contributed by atoms with van der Waals surface area (Å²) in [5.41, 5.74) is 10.7. The first-order valence-corrected chi connectivity index (χ1v) is 5.90. The van der Waals surface area contributed by atoms with Gasteiger partial charge in [0.15, 0.2) is 0 Å². The van der Waals surface area contributed by atoms with Gasteiger partial charge >= 0.3 is 0 Å². The molecule has 0 rings (SSSR count). The number of rotatable bonds is 11. The number of hydrogen-bond acceptors (Lipinski definition) is 6. The minimum atomic E-state index is -0.747. The number of halogens is 1. The second-order valence-corrected chi connectivity index (χ2v) is 3.83. The largest absolute Gasteiger partial charge is 0.389 e. The maximum Gasteiger partial charge on any atom is 0.0935 e. The zero-order chi connectivity index (χ0) is 12.2. The van der Waals surface area contributed by atoms with Crippen LogP contribution >= 0.6 is 12.4 Å². The van der Waals surface area contributed by atoms with Crippen molar-refractivity contribution < 1.29 is 10.2 Å². The SMILES string of the molecule is Cl.NCCCNC[C@@H](O)[C@@H](O)CNCCCN. The van der Waals surface area contributed by atoms with Crippen molar-refractivity contribution >= 4 is 12.4 Å². The molecule has 2 atom stereocenters. The van der Waals surface area contributed by atoms with Gasteiger partial charge in [-0.25, -0.2) is 0 Å². The Morgan fingerprint density at radius 2 is 1.18 bits per heavy atom. The van der Waals surface area contributed by atoms with Crippen LogP contribution in [0.25, 0.3) is 0 Å². The second-order valence-electron chi connectivity index (χ2n) is 3.83. The molecule has 0 fully saturated rings. The van der Waals surface area contributed by atoms with Gasteiger partial charge in [0.25, 0.3) is 0 Å². The van der Waals surface area contributed by atoms with Crippen LogP contribution in [0.2, 0.25) is 0 Å². The van der Waals surface area contributed by atoms with Crippen molar-refractivity contribution in [1.29, 1.82) is 0 Å². The van der Waals surface area contributed by atoms with Crippen molar-refractivity contribution in [2.75, 3.05) is 39.3 Å². The average Bonchev–Trinajstić information content (AvgIpc) is 2.29. The molecule has 7 heteroatoms. The molecule has 0 aliphatic heterocycles. The van der Waals surface area contributed by atoms with Gasteiger partial charge in [-0.2, -0.15) is 0 Å². The Morgan fingerprint density at radius 1 is 0.824 bits per heavy atom. The van der Waals surface area contributed by atoms with E-state index in [-0.39, 0.29) is 12.4 Å². The topological polar surface area (TPSA) is 117 Å². The van der Waals surface area contributed by atoms with Crippen LogP contribution in [0.4, 0.5) is 0 Å². The maximum atomic E-state index is 9.57. The van der Waals surface area contributed by atoms with Gasteiger partial charge in [0.1, 0.15) is 0 Å². The molecule has 8 N–H and O–H groups in total.